The number of pyridine rings is 1. The van der Waals surface area contributed by atoms with E-state index in [9.17, 15) is 4.79 Å². The Labute approximate surface area is 108 Å². The standard InChI is InChI=1S/C14H21N3O/c15-9-11-17(12-6-2-1-3-7-12)14(18)13-8-4-5-10-16-13/h4-5,8,10,12H,1-3,6-7,9,11,15H2. The van der Waals surface area contributed by atoms with Crippen LogP contribution in [0.3, 0.4) is 0 Å². The number of amides is 1. The molecule has 1 saturated carbocycles. The summed E-state index contributed by atoms with van der Waals surface area (Å²) in [6, 6.07) is 5.79. The highest BCUT2D eigenvalue weighted by atomic mass is 16.2. The molecule has 1 aromatic heterocycles. The normalized spacial score (nSPS) is 16.5. The molecule has 4 heteroatoms. The number of hydrogen-bond donors (Lipinski definition) is 1. The van der Waals surface area contributed by atoms with Crippen LogP contribution < -0.4 is 5.73 Å². The van der Waals surface area contributed by atoms with Crippen molar-refractivity contribution in [1.82, 2.24) is 9.88 Å². The van der Waals surface area contributed by atoms with Crippen molar-refractivity contribution in [2.75, 3.05) is 13.1 Å². The molecule has 18 heavy (non-hydrogen) atoms. The molecule has 0 aliphatic heterocycles. The minimum Gasteiger partial charge on any atom is -0.333 e. The zero-order chi connectivity index (χ0) is 12.8. The molecule has 2 N–H and O–H groups in total. The molecule has 0 saturated heterocycles. The highest BCUT2D eigenvalue weighted by Gasteiger charge is 2.26. The molecule has 1 aromatic rings. The molecule has 0 aromatic carbocycles. The fraction of sp³-hybridized carbons (Fsp3) is 0.571. The summed E-state index contributed by atoms with van der Waals surface area (Å²) in [5.41, 5.74) is 6.16. The predicted molar refractivity (Wildman–Crippen MR) is 71.2 cm³/mol. The van der Waals surface area contributed by atoms with Crippen molar-refractivity contribution < 1.29 is 4.79 Å². The first-order valence-electron chi connectivity index (χ1n) is 6.75. The zero-order valence-corrected chi connectivity index (χ0v) is 10.7. The third kappa shape index (κ3) is 3.07. The van der Waals surface area contributed by atoms with Crippen molar-refractivity contribution in [3.05, 3.63) is 30.1 Å². The maximum absolute atomic E-state index is 12.4. The van der Waals surface area contributed by atoms with Crippen LogP contribution in [0.2, 0.25) is 0 Å². The van der Waals surface area contributed by atoms with Gasteiger partial charge in [-0.1, -0.05) is 25.3 Å². The Morgan fingerprint density at radius 2 is 2.11 bits per heavy atom. The van der Waals surface area contributed by atoms with Gasteiger partial charge in [-0.2, -0.15) is 0 Å². The molecule has 1 heterocycles. The van der Waals surface area contributed by atoms with Crippen LogP contribution in [0.25, 0.3) is 0 Å². The van der Waals surface area contributed by atoms with Crippen LogP contribution >= 0.6 is 0 Å². The molecular weight excluding hydrogens is 226 g/mol. The van der Waals surface area contributed by atoms with Crippen LogP contribution in [-0.2, 0) is 0 Å². The lowest BCUT2D eigenvalue weighted by Crippen LogP contribution is -2.44. The first-order chi connectivity index (χ1) is 8.83. The average Bonchev–Trinajstić information content (AvgIpc) is 2.46. The highest BCUT2D eigenvalue weighted by molar-refractivity contribution is 5.92. The molecule has 0 atom stereocenters. The Morgan fingerprint density at radius 3 is 2.72 bits per heavy atom. The third-order valence-electron chi connectivity index (χ3n) is 3.53. The quantitative estimate of drug-likeness (QED) is 0.882. The van der Waals surface area contributed by atoms with Gasteiger partial charge < -0.3 is 10.6 Å². The molecular formula is C14H21N3O. The number of aromatic nitrogens is 1. The molecule has 98 valence electrons. The number of nitrogens with zero attached hydrogens (tertiary/aromatic N) is 2. The fourth-order valence-electron chi connectivity index (χ4n) is 2.62. The fourth-order valence-corrected chi connectivity index (χ4v) is 2.62. The van der Waals surface area contributed by atoms with Crippen LogP contribution in [0.4, 0.5) is 0 Å². The van der Waals surface area contributed by atoms with Gasteiger partial charge in [0.05, 0.1) is 0 Å². The van der Waals surface area contributed by atoms with E-state index in [1.165, 1.54) is 19.3 Å². The van der Waals surface area contributed by atoms with Crippen LogP contribution in [0.1, 0.15) is 42.6 Å². The summed E-state index contributed by atoms with van der Waals surface area (Å²) in [7, 11) is 0. The van der Waals surface area contributed by atoms with Gasteiger partial charge in [0, 0.05) is 25.3 Å². The predicted octanol–water partition coefficient (Wildman–Crippen LogP) is 1.82. The topological polar surface area (TPSA) is 59.2 Å². The Kier molecular flexibility index (Phi) is 4.70. The van der Waals surface area contributed by atoms with Crippen molar-refractivity contribution in [2.45, 2.75) is 38.1 Å². The van der Waals surface area contributed by atoms with E-state index < -0.39 is 0 Å². The Morgan fingerprint density at radius 1 is 1.33 bits per heavy atom. The summed E-state index contributed by atoms with van der Waals surface area (Å²) in [6.07, 6.45) is 7.55. The monoisotopic (exact) mass is 247 g/mol. The number of nitrogens with two attached hydrogens (primary N) is 1. The van der Waals surface area contributed by atoms with E-state index in [-0.39, 0.29) is 5.91 Å². The minimum absolute atomic E-state index is 0.0213. The lowest BCUT2D eigenvalue weighted by molar-refractivity contribution is 0.0635. The van der Waals surface area contributed by atoms with Crippen molar-refractivity contribution >= 4 is 5.91 Å². The van der Waals surface area contributed by atoms with E-state index in [0.29, 0.717) is 24.8 Å². The van der Waals surface area contributed by atoms with Crippen molar-refractivity contribution in [3.8, 4) is 0 Å². The van der Waals surface area contributed by atoms with E-state index >= 15 is 0 Å². The van der Waals surface area contributed by atoms with Crippen molar-refractivity contribution in [2.24, 2.45) is 5.73 Å². The second kappa shape index (κ2) is 6.50. The maximum atomic E-state index is 12.4. The number of hydrogen-bond acceptors (Lipinski definition) is 3. The number of carbonyl (C=O) groups is 1. The zero-order valence-electron chi connectivity index (χ0n) is 10.7. The maximum Gasteiger partial charge on any atom is 0.272 e. The van der Waals surface area contributed by atoms with Gasteiger partial charge in [0.25, 0.3) is 5.91 Å². The lowest BCUT2D eigenvalue weighted by Gasteiger charge is -2.34. The van der Waals surface area contributed by atoms with Gasteiger partial charge in [-0.3, -0.25) is 9.78 Å². The van der Waals surface area contributed by atoms with Gasteiger partial charge in [0.1, 0.15) is 5.69 Å². The van der Waals surface area contributed by atoms with Gasteiger partial charge in [-0.15, -0.1) is 0 Å². The number of rotatable bonds is 4. The van der Waals surface area contributed by atoms with E-state index in [1.54, 1.807) is 12.3 Å². The van der Waals surface area contributed by atoms with E-state index in [0.717, 1.165) is 12.8 Å². The van der Waals surface area contributed by atoms with Gasteiger partial charge in [-0.05, 0) is 25.0 Å². The van der Waals surface area contributed by atoms with Gasteiger partial charge in [0.2, 0.25) is 0 Å². The van der Waals surface area contributed by atoms with Crippen molar-refractivity contribution in [1.29, 1.82) is 0 Å². The second-order valence-electron chi connectivity index (χ2n) is 4.79. The summed E-state index contributed by atoms with van der Waals surface area (Å²) in [5, 5.41) is 0. The Hall–Kier alpha value is -1.42. The summed E-state index contributed by atoms with van der Waals surface area (Å²) >= 11 is 0. The molecule has 1 aliphatic carbocycles. The van der Waals surface area contributed by atoms with Crippen LogP contribution in [0.5, 0.6) is 0 Å². The van der Waals surface area contributed by atoms with Crippen LogP contribution in [-0.4, -0.2) is 34.9 Å². The molecule has 0 radical (unpaired) electrons. The smallest absolute Gasteiger partial charge is 0.272 e. The van der Waals surface area contributed by atoms with Crippen LogP contribution in [0.15, 0.2) is 24.4 Å². The largest absolute Gasteiger partial charge is 0.333 e. The SMILES string of the molecule is NCCN(C(=O)c1ccccn1)C1CCCCC1. The molecule has 0 spiro atoms. The van der Waals surface area contributed by atoms with E-state index in [1.807, 2.05) is 17.0 Å². The minimum atomic E-state index is 0.0213. The Bertz CT molecular complexity index is 374. The van der Waals surface area contributed by atoms with E-state index in [4.69, 9.17) is 5.73 Å². The average molecular weight is 247 g/mol. The molecule has 1 fully saturated rings. The van der Waals surface area contributed by atoms with Gasteiger partial charge in [-0.25, -0.2) is 0 Å². The summed E-state index contributed by atoms with van der Waals surface area (Å²) in [5.74, 6) is 0.0213. The molecule has 2 rings (SSSR count). The molecule has 0 unspecified atom stereocenters. The molecule has 1 amide bonds. The molecule has 1 aliphatic rings. The molecule has 0 bridgehead atoms. The highest BCUT2D eigenvalue weighted by Crippen LogP contribution is 2.23. The summed E-state index contributed by atoms with van der Waals surface area (Å²) < 4.78 is 0. The lowest BCUT2D eigenvalue weighted by atomic mass is 9.94. The second-order valence-corrected chi connectivity index (χ2v) is 4.79. The van der Waals surface area contributed by atoms with E-state index in [2.05, 4.69) is 4.98 Å². The number of carbonyl (C=O) groups excluding carboxylic acids is 1. The van der Waals surface area contributed by atoms with Gasteiger partial charge >= 0.3 is 0 Å². The Balaban J connectivity index is 2.11. The summed E-state index contributed by atoms with van der Waals surface area (Å²) in [6.45, 7) is 1.13. The first-order valence-corrected chi connectivity index (χ1v) is 6.75. The van der Waals surface area contributed by atoms with Crippen LogP contribution in [0, 0.1) is 0 Å². The molecule has 4 nitrogen and oxygen atoms in total. The van der Waals surface area contributed by atoms with Gasteiger partial charge in [0.15, 0.2) is 0 Å². The summed E-state index contributed by atoms with van der Waals surface area (Å²) in [4.78, 5) is 18.5. The van der Waals surface area contributed by atoms with Crippen molar-refractivity contribution in [3.63, 3.8) is 0 Å². The first kappa shape index (κ1) is 13.0. The third-order valence-corrected chi connectivity index (χ3v) is 3.53.